The number of anilines is 1. The zero-order valence-corrected chi connectivity index (χ0v) is 15.4. The van der Waals surface area contributed by atoms with Gasteiger partial charge in [-0.25, -0.2) is 4.98 Å². The summed E-state index contributed by atoms with van der Waals surface area (Å²) in [6.45, 7) is 6.24. The Kier molecular flexibility index (Phi) is 6.01. The van der Waals surface area contributed by atoms with Crippen molar-refractivity contribution in [1.82, 2.24) is 9.97 Å². The van der Waals surface area contributed by atoms with Crippen LogP contribution in [0.5, 0.6) is 0 Å². The lowest BCUT2D eigenvalue weighted by molar-refractivity contribution is -0.121. The minimum Gasteiger partial charge on any atom is -0.302 e. The first-order valence-corrected chi connectivity index (χ1v) is 9.97. The molecule has 2 unspecified atom stereocenters. The van der Waals surface area contributed by atoms with Gasteiger partial charge in [0, 0.05) is 53.2 Å². The van der Waals surface area contributed by atoms with Gasteiger partial charge in [0.25, 0.3) is 0 Å². The van der Waals surface area contributed by atoms with E-state index in [1.54, 1.807) is 23.5 Å². The van der Waals surface area contributed by atoms with E-state index < -0.39 is 10.8 Å². The van der Waals surface area contributed by atoms with Gasteiger partial charge in [-0.05, 0) is 26.0 Å². The molecule has 2 aromatic rings. The van der Waals surface area contributed by atoms with Crippen LogP contribution in [0, 0.1) is 12.8 Å². The van der Waals surface area contributed by atoms with Gasteiger partial charge in [0.05, 0.1) is 5.69 Å². The van der Waals surface area contributed by atoms with E-state index in [1.165, 1.54) is 11.3 Å². The van der Waals surface area contributed by atoms with Crippen LogP contribution in [0.4, 0.5) is 5.00 Å². The Bertz CT molecular complexity index is 701. The van der Waals surface area contributed by atoms with Gasteiger partial charge in [-0.3, -0.25) is 14.0 Å². The summed E-state index contributed by atoms with van der Waals surface area (Å²) in [7, 11) is -0.989. The van der Waals surface area contributed by atoms with Crippen LogP contribution in [0.3, 0.4) is 0 Å². The average molecular weight is 351 g/mol. The lowest BCUT2D eigenvalue weighted by atomic mass is 10.2. The number of carbonyl (C=O) groups is 1. The first-order valence-electron chi connectivity index (χ1n) is 7.43. The normalized spacial score (nSPS) is 13.6. The quantitative estimate of drug-likeness (QED) is 0.803. The van der Waals surface area contributed by atoms with Crippen molar-refractivity contribution in [3.8, 4) is 10.6 Å². The van der Waals surface area contributed by atoms with Gasteiger partial charge in [0.15, 0.2) is 0 Å². The van der Waals surface area contributed by atoms with Crippen LogP contribution in [0.15, 0.2) is 24.5 Å². The molecule has 124 valence electrons. The van der Waals surface area contributed by atoms with Crippen LogP contribution in [0.1, 0.15) is 19.5 Å². The molecule has 5 nitrogen and oxygen atoms in total. The maximum atomic E-state index is 12.7. The Morgan fingerprint density at radius 1 is 1.48 bits per heavy atom. The Hall–Kier alpha value is -1.60. The fraction of sp³-hybridized carbons (Fsp3) is 0.438. The second-order valence-electron chi connectivity index (χ2n) is 5.37. The molecule has 0 bridgehead atoms. The maximum absolute atomic E-state index is 12.7. The topological polar surface area (TPSA) is 63.2 Å². The van der Waals surface area contributed by atoms with Crippen LogP contribution in [0.2, 0.25) is 0 Å². The van der Waals surface area contributed by atoms with Gasteiger partial charge < -0.3 is 4.90 Å². The highest BCUT2D eigenvalue weighted by atomic mass is 32.2. The van der Waals surface area contributed by atoms with Crippen LogP contribution >= 0.6 is 11.3 Å². The summed E-state index contributed by atoms with van der Waals surface area (Å²) in [6, 6.07) is 3.82. The van der Waals surface area contributed by atoms with E-state index in [0.29, 0.717) is 12.3 Å². The largest absolute Gasteiger partial charge is 0.302 e. The first kappa shape index (κ1) is 17.7. The molecular formula is C16H21N3O2S2. The predicted molar refractivity (Wildman–Crippen MR) is 96.2 cm³/mol. The Morgan fingerprint density at radius 3 is 2.78 bits per heavy atom. The number of aromatic nitrogens is 2. The number of pyridine rings is 1. The molecule has 0 spiro atoms. The van der Waals surface area contributed by atoms with Crippen molar-refractivity contribution in [3.63, 3.8) is 0 Å². The van der Waals surface area contributed by atoms with E-state index in [-0.39, 0.29) is 11.8 Å². The maximum Gasteiger partial charge on any atom is 0.231 e. The van der Waals surface area contributed by atoms with Crippen LogP contribution in [-0.2, 0) is 15.6 Å². The predicted octanol–water partition coefficient (Wildman–Crippen LogP) is 2.88. The van der Waals surface area contributed by atoms with Crippen molar-refractivity contribution < 1.29 is 9.00 Å². The second-order valence-corrected chi connectivity index (χ2v) is 7.83. The van der Waals surface area contributed by atoms with Crippen molar-refractivity contribution in [2.75, 3.05) is 23.5 Å². The van der Waals surface area contributed by atoms with E-state index in [0.717, 1.165) is 21.3 Å². The number of nitrogens with zero attached hydrogens (tertiary/aromatic N) is 3. The molecule has 0 aliphatic carbocycles. The SMILES string of the molecule is CCN(C(=O)C(C)CS(C)=O)c1sc(-c2cccnc2)nc1C. The summed E-state index contributed by atoms with van der Waals surface area (Å²) < 4.78 is 11.4. The number of thiazole rings is 1. The van der Waals surface area contributed by atoms with Crippen LogP contribution in [0.25, 0.3) is 10.6 Å². The monoisotopic (exact) mass is 351 g/mol. The number of aryl methyl sites for hydroxylation is 1. The number of amides is 1. The summed E-state index contributed by atoms with van der Waals surface area (Å²) in [4.78, 5) is 23.1. The number of rotatable bonds is 6. The molecule has 0 aliphatic heterocycles. The van der Waals surface area contributed by atoms with Gasteiger partial charge in [0.2, 0.25) is 5.91 Å². The van der Waals surface area contributed by atoms with Crippen LogP contribution in [-0.4, -0.2) is 38.6 Å². The molecule has 2 rings (SSSR count). The lowest BCUT2D eigenvalue weighted by Crippen LogP contribution is -2.36. The summed E-state index contributed by atoms with van der Waals surface area (Å²) in [5, 5.41) is 1.70. The fourth-order valence-corrected chi connectivity index (χ4v) is 4.31. The highest BCUT2D eigenvalue weighted by Crippen LogP contribution is 2.34. The minimum absolute atomic E-state index is 0.00723. The Morgan fingerprint density at radius 2 is 2.22 bits per heavy atom. The third kappa shape index (κ3) is 4.23. The third-order valence-corrected chi connectivity index (χ3v) is 5.61. The van der Waals surface area contributed by atoms with Crippen molar-refractivity contribution in [3.05, 3.63) is 30.2 Å². The Balaban J connectivity index is 2.30. The molecule has 0 radical (unpaired) electrons. The average Bonchev–Trinajstić information content (AvgIpc) is 2.90. The van der Waals surface area contributed by atoms with E-state index in [4.69, 9.17) is 0 Å². The van der Waals surface area contributed by atoms with E-state index in [9.17, 15) is 9.00 Å². The number of hydrogen-bond donors (Lipinski definition) is 0. The molecular weight excluding hydrogens is 330 g/mol. The standard InChI is InChI=1S/C16H21N3O2S2/c1-5-19(15(20)11(2)10-23(4)21)16-12(3)18-14(22-16)13-7-6-8-17-9-13/h6-9,11H,5,10H2,1-4H3. The number of hydrogen-bond acceptors (Lipinski definition) is 5. The Labute approximate surface area is 143 Å². The van der Waals surface area contributed by atoms with Crippen molar-refractivity contribution in [2.24, 2.45) is 5.92 Å². The molecule has 0 saturated heterocycles. The highest BCUT2D eigenvalue weighted by Gasteiger charge is 2.25. The second kappa shape index (κ2) is 7.79. The summed E-state index contributed by atoms with van der Waals surface area (Å²) in [6.07, 6.45) is 5.11. The summed E-state index contributed by atoms with van der Waals surface area (Å²) >= 11 is 1.49. The smallest absolute Gasteiger partial charge is 0.231 e. The van der Waals surface area contributed by atoms with Gasteiger partial charge in [-0.1, -0.05) is 18.3 Å². The molecule has 1 amide bonds. The van der Waals surface area contributed by atoms with Gasteiger partial charge in [-0.2, -0.15) is 0 Å². The van der Waals surface area contributed by atoms with Crippen molar-refractivity contribution >= 4 is 33.0 Å². The molecule has 23 heavy (non-hydrogen) atoms. The molecule has 0 aromatic carbocycles. The van der Waals surface area contributed by atoms with Crippen molar-refractivity contribution in [1.29, 1.82) is 0 Å². The zero-order chi connectivity index (χ0) is 17.0. The van der Waals surface area contributed by atoms with E-state index >= 15 is 0 Å². The van der Waals surface area contributed by atoms with Gasteiger partial charge >= 0.3 is 0 Å². The number of carbonyl (C=O) groups excluding carboxylic acids is 1. The zero-order valence-electron chi connectivity index (χ0n) is 13.8. The highest BCUT2D eigenvalue weighted by molar-refractivity contribution is 7.84. The molecule has 2 aromatic heterocycles. The molecule has 0 saturated carbocycles. The molecule has 0 N–H and O–H groups in total. The van der Waals surface area contributed by atoms with E-state index in [1.807, 2.05) is 32.9 Å². The minimum atomic E-state index is -0.989. The molecule has 0 fully saturated rings. The van der Waals surface area contributed by atoms with E-state index in [2.05, 4.69) is 9.97 Å². The lowest BCUT2D eigenvalue weighted by Gasteiger charge is -2.23. The summed E-state index contributed by atoms with van der Waals surface area (Å²) in [5.41, 5.74) is 1.77. The summed E-state index contributed by atoms with van der Waals surface area (Å²) in [5.74, 6) is 0.0964. The van der Waals surface area contributed by atoms with Crippen LogP contribution < -0.4 is 4.90 Å². The molecule has 2 atom stereocenters. The molecule has 0 aliphatic rings. The van der Waals surface area contributed by atoms with Crippen molar-refractivity contribution in [2.45, 2.75) is 20.8 Å². The first-order chi connectivity index (χ1) is 10.9. The van der Waals surface area contributed by atoms with Gasteiger partial charge in [0.1, 0.15) is 10.0 Å². The fourth-order valence-electron chi connectivity index (χ4n) is 2.34. The molecule has 2 heterocycles. The third-order valence-electron chi connectivity index (χ3n) is 3.41. The molecule has 7 heteroatoms. The van der Waals surface area contributed by atoms with Gasteiger partial charge in [-0.15, -0.1) is 0 Å².